The number of anilines is 1. The summed E-state index contributed by atoms with van der Waals surface area (Å²) in [6, 6.07) is 9.60. The van der Waals surface area contributed by atoms with Crippen LogP contribution in [0.4, 0.5) is 5.82 Å². The maximum atomic E-state index is 5.51. The molecule has 0 unspecified atom stereocenters. The Kier molecular flexibility index (Phi) is 2.93. The maximum absolute atomic E-state index is 5.51. The Labute approximate surface area is 143 Å². The van der Waals surface area contributed by atoms with Gasteiger partial charge in [-0.15, -0.1) is 15.3 Å². The Bertz CT molecular complexity index is 964. The topological polar surface area (TPSA) is 74.0 Å². The van der Waals surface area contributed by atoms with Crippen molar-refractivity contribution in [2.24, 2.45) is 0 Å². The van der Waals surface area contributed by atoms with Crippen LogP contribution in [-0.4, -0.2) is 52.4 Å². The number of fused-ring (bicyclic) bond motifs is 2. The molecular weight excluding hydrogens is 322 g/mol. The van der Waals surface area contributed by atoms with Gasteiger partial charge in [0.15, 0.2) is 23.0 Å². The smallest absolute Gasteiger partial charge is 0.231 e. The van der Waals surface area contributed by atoms with Gasteiger partial charge in [-0.2, -0.15) is 4.52 Å². The Morgan fingerprint density at radius 1 is 1.08 bits per heavy atom. The van der Waals surface area contributed by atoms with Crippen molar-refractivity contribution >= 4 is 11.5 Å². The lowest BCUT2D eigenvalue weighted by molar-refractivity contribution is -0.0172. The predicted molar refractivity (Wildman–Crippen MR) is 90.0 cm³/mol. The van der Waals surface area contributed by atoms with Crippen molar-refractivity contribution in [2.45, 2.75) is 12.5 Å². The van der Waals surface area contributed by atoms with E-state index in [2.05, 4.69) is 22.0 Å². The minimum Gasteiger partial charge on any atom is -0.454 e. The van der Waals surface area contributed by atoms with E-state index in [4.69, 9.17) is 19.3 Å². The predicted octanol–water partition coefficient (Wildman–Crippen LogP) is 1.75. The molecule has 5 rings (SSSR count). The number of benzene rings is 1. The van der Waals surface area contributed by atoms with Crippen molar-refractivity contribution in [3.8, 4) is 22.9 Å². The average Bonchev–Trinajstić information content (AvgIpc) is 3.24. The summed E-state index contributed by atoms with van der Waals surface area (Å²) in [5.74, 6) is 3.00. The van der Waals surface area contributed by atoms with Crippen LogP contribution in [0.3, 0.4) is 0 Å². The van der Waals surface area contributed by atoms with Crippen LogP contribution in [0.5, 0.6) is 11.5 Å². The lowest BCUT2D eigenvalue weighted by Crippen LogP contribution is -2.61. The second-order valence-corrected chi connectivity index (χ2v) is 6.56. The molecule has 1 aromatic carbocycles. The molecule has 8 heteroatoms. The Balaban J connectivity index is 1.53. The molecule has 8 nitrogen and oxygen atoms in total. The number of hydrogen-bond donors (Lipinski definition) is 0. The van der Waals surface area contributed by atoms with Gasteiger partial charge >= 0.3 is 0 Å². The van der Waals surface area contributed by atoms with E-state index in [1.165, 1.54) is 0 Å². The summed E-state index contributed by atoms with van der Waals surface area (Å²) >= 11 is 0. The first kappa shape index (κ1) is 14.5. The second kappa shape index (κ2) is 5.06. The monoisotopic (exact) mass is 339 g/mol. The maximum Gasteiger partial charge on any atom is 0.231 e. The molecule has 2 aromatic heterocycles. The molecule has 3 aromatic rings. The second-order valence-electron chi connectivity index (χ2n) is 6.56. The Morgan fingerprint density at radius 3 is 2.76 bits per heavy atom. The Hall–Kier alpha value is -2.87. The summed E-state index contributed by atoms with van der Waals surface area (Å²) in [6.07, 6.45) is 0. The highest BCUT2D eigenvalue weighted by atomic mass is 16.7. The number of rotatable bonds is 3. The molecule has 0 spiro atoms. The van der Waals surface area contributed by atoms with Gasteiger partial charge in [0.25, 0.3) is 0 Å². The molecule has 2 aliphatic heterocycles. The van der Waals surface area contributed by atoms with Crippen molar-refractivity contribution in [3.63, 3.8) is 0 Å². The zero-order valence-electron chi connectivity index (χ0n) is 14.0. The summed E-state index contributed by atoms with van der Waals surface area (Å²) in [4.78, 5) is 2.17. The van der Waals surface area contributed by atoms with Crippen LogP contribution in [0.15, 0.2) is 30.3 Å². The van der Waals surface area contributed by atoms with E-state index in [0.717, 1.165) is 30.2 Å². The third-order valence-electron chi connectivity index (χ3n) is 4.75. The fraction of sp³-hybridized carbons (Fsp3) is 0.353. The third kappa shape index (κ3) is 2.21. The largest absolute Gasteiger partial charge is 0.454 e. The molecule has 0 atom stereocenters. The molecule has 1 saturated heterocycles. The normalized spacial score (nSPS) is 17.8. The fourth-order valence-electron chi connectivity index (χ4n) is 3.22. The van der Waals surface area contributed by atoms with Crippen LogP contribution in [0.25, 0.3) is 17.0 Å². The summed E-state index contributed by atoms with van der Waals surface area (Å²) in [5, 5.41) is 13.2. The van der Waals surface area contributed by atoms with Crippen molar-refractivity contribution in [3.05, 3.63) is 30.3 Å². The van der Waals surface area contributed by atoms with Gasteiger partial charge in [-0.05, 0) is 37.3 Å². The molecule has 128 valence electrons. The summed E-state index contributed by atoms with van der Waals surface area (Å²) in [5.41, 5.74) is 1.47. The van der Waals surface area contributed by atoms with Crippen LogP contribution in [0, 0.1) is 0 Å². The lowest BCUT2D eigenvalue weighted by atomic mass is 9.97. The van der Waals surface area contributed by atoms with Gasteiger partial charge in [-0.25, -0.2) is 0 Å². The van der Waals surface area contributed by atoms with Crippen molar-refractivity contribution in [1.82, 2.24) is 19.8 Å². The van der Waals surface area contributed by atoms with Gasteiger partial charge in [0.05, 0.1) is 18.7 Å². The summed E-state index contributed by atoms with van der Waals surface area (Å²) < 4.78 is 18.1. The highest BCUT2D eigenvalue weighted by molar-refractivity contribution is 5.64. The van der Waals surface area contributed by atoms with Crippen LogP contribution >= 0.6 is 0 Å². The van der Waals surface area contributed by atoms with Crippen molar-refractivity contribution < 1.29 is 14.2 Å². The molecule has 0 radical (unpaired) electrons. The molecule has 0 saturated carbocycles. The van der Waals surface area contributed by atoms with Gasteiger partial charge in [-0.3, -0.25) is 0 Å². The van der Waals surface area contributed by atoms with Crippen LogP contribution < -0.4 is 14.4 Å². The van der Waals surface area contributed by atoms with E-state index < -0.39 is 0 Å². The number of hydrogen-bond acceptors (Lipinski definition) is 7. The van der Waals surface area contributed by atoms with E-state index in [0.29, 0.717) is 17.2 Å². The summed E-state index contributed by atoms with van der Waals surface area (Å²) in [6.45, 7) is 3.96. The first-order valence-corrected chi connectivity index (χ1v) is 8.08. The highest BCUT2D eigenvalue weighted by Gasteiger charge is 2.39. The van der Waals surface area contributed by atoms with Gasteiger partial charge in [-0.1, -0.05) is 0 Å². The van der Waals surface area contributed by atoms with Gasteiger partial charge < -0.3 is 19.1 Å². The van der Waals surface area contributed by atoms with E-state index >= 15 is 0 Å². The zero-order valence-corrected chi connectivity index (χ0v) is 14.0. The molecule has 25 heavy (non-hydrogen) atoms. The zero-order chi connectivity index (χ0) is 17.0. The average molecular weight is 339 g/mol. The quantitative estimate of drug-likeness (QED) is 0.719. The van der Waals surface area contributed by atoms with Crippen molar-refractivity contribution in [1.29, 1.82) is 0 Å². The van der Waals surface area contributed by atoms with Crippen LogP contribution in [0.2, 0.25) is 0 Å². The number of methoxy groups -OCH3 is 1. The van der Waals surface area contributed by atoms with Crippen molar-refractivity contribution in [2.75, 3.05) is 31.9 Å². The van der Waals surface area contributed by atoms with E-state index in [1.807, 2.05) is 30.3 Å². The molecular formula is C17H17N5O3. The minimum atomic E-state index is -0.107. The van der Waals surface area contributed by atoms with Gasteiger partial charge in [0.2, 0.25) is 6.79 Å². The van der Waals surface area contributed by atoms with E-state index in [9.17, 15) is 0 Å². The fourth-order valence-corrected chi connectivity index (χ4v) is 3.22. The number of nitrogens with zero attached hydrogens (tertiary/aromatic N) is 5. The van der Waals surface area contributed by atoms with Gasteiger partial charge in [0.1, 0.15) is 5.82 Å². The Morgan fingerprint density at radius 2 is 1.92 bits per heavy atom. The molecule has 0 amide bonds. The standard InChI is InChI=1S/C17H17N5O3/c1-17(23-2)8-21(9-17)15-6-5-14-18-19-16(22(14)20-15)11-3-4-12-13(7-11)25-10-24-12/h3-7H,8-10H2,1-2H3. The minimum absolute atomic E-state index is 0.107. The number of aromatic nitrogens is 4. The molecule has 4 heterocycles. The van der Waals surface area contributed by atoms with Gasteiger partial charge in [0, 0.05) is 12.7 Å². The van der Waals surface area contributed by atoms with E-state index in [1.54, 1.807) is 11.6 Å². The third-order valence-corrected chi connectivity index (χ3v) is 4.75. The molecule has 0 bridgehead atoms. The van der Waals surface area contributed by atoms with Crippen LogP contribution in [-0.2, 0) is 4.74 Å². The van der Waals surface area contributed by atoms with E-state index in [-0.39, 0.29) is 12.4 Å². The molecule has 0 N–H and O–H groups in total. The lowest BCUT2D eigenvalue weighted by Gasteiger charge is -2.47. The first-order valence-electron chi connectivity index (χ1n) is 8.08. The van der Waals surface area contributed by atoms with Crippen LogP contribution in [0.1, 0.15) is 6.92 Å². The SMILES string of the molecule is COC1(C)CN(c2ccc3nnc(-c4ccc5c(c4)OCO5)n3n2)C1. The summed E-state index contributed by atoms with van der Waals surface area (Å²) in [7, 11) is 1.74. The molecule has 1 fully saturated rings. The number of ether oxygens (including phenoxy) is 3. The molecule has 0 aliphatic carbocycles. The first-order chi connectivity index (χ1) is 12.1. The highest BCUT2D eigenvalue weighted by Crippen LogP contribution is 2.35. The molecule has 2 aliphatic rings.